The van der Waals surface area contributed by atoms with E-state index in [1.54, 1.807) is 47.3 Å². The number of ether oxygens (including phenoxy) is 4. The highest BCUT2D eigenvalue weighted by Crippen LogP contribution is 2.40. The molecule has 3 aliphatic rings. The zero-order chi connectivity index (χ0) is 38.5. The number of carbonyl (C=O) groups is 4. The number of rotatable bonds is 12. The van der Waals surface area contributed by atoms with Crippen LogP contribution in [-0.2, 0) is 26.1 Å². The first-order valence-corrected chi connectivity index (χ1v) is 19.8. The van der Waals surface area contributed by atoms with Gasteiger partial charge in [-0.3, -0.25) is 14.4 Å². The molecular formula is C41H47N5O8S. The van der Waals surface area contributed by atoms with E-state index in [4.69, 9.17) is 18.9 Å². The number of carbonyl (C=O) groups excluding carboxylic acids is 4. The molecule has 2 fully saturated rings. The van der Waals surface area contributed by atoms with E-state index >= 15 is 0 Å². The minimum absolute atomic E-state index is 0.0130. The molecule has 13 nitrogen and oxygen atoms in total. The van der Waals surface area contributed by atoms with Crippen molar-refractivity contribution >= 4 is 62.3 Å². The number of nitrogens with one attached hydrogen (secondary N) is 2. The average Bonchev–Trinajstić information content (AvgIpc) is 3.79. The van der Waals surface area contributed by atoms with E-state index < -0.39 is 24.7 Å². The van der Waals surface area contributed by atoms with E-state index in [0.29, 0.717) is 72.0 Å². The third kappa shape index (κ3) is 8.56. The van der Waals surface area contributed by atoms with Crippen LogP contribution in [0.1, 0.15) is 77.8 Å². The summed E-state index contributed by atoms with van der Waals surface area (Å²) in [6.07, 6.45) is 6.69. The normalized spacial score (nSPS) is 19.6. The molecule has 290 valence electrons. The molecule has 3 aliphatic heterocycles. The van der Waals surface area contributed by atoms with Crippen LogP contribution in [0.4, 0.5) is 21.9 Å². The summed E-state index contributed by atoms with van der Waals surface area (Å²) in [5.41, 5.74) is 3.01. The molecule has 0 spiro atoms. The molecule has 0 radical (unpaired) electrons. The smallest absolute Gasteiger partial charge is 0.416 e. The maximum Gasteiger partial charge on any atom is 0.416 e. The minimum Gasteiger partial charge on any atom is -0.493 e. The van der Waals surface area contributed by atoms with E-state index in [1.807, 2.05) is 41.5 Å². The topological polar surface area (TPSA) is 141 Å². The van der Waals surface area contributed by atoms with Crippen LogP contribution in [0.5, 0.6) is 5.75 Å². The maximum atomic E-state index is 14.2. The van der Waals surface area contributed by atoms with E-state index in [2.05, 4.69) is 17.2 Å². The van der Waals surface area contributed by atoms with Crippen molar-refractivity contribution in [2.24, 2.45) is 7.05 Å². The SMILES string of the molecule is C=CCOC(=O)N1c2cc(OCCCC(=O)Nc3cc(C(=O)Nc4ccc5sccc5c4)n(C)c3)c(C)cc2C(=O)N2CCCC[C@H]2C1OC1CCCCO1. The second kappa shape index (κ2) is 17.1. The summed E-state index contributed by atoms with van der Waals surface area (Å²) >= 11 is 1.64. The van der Waals surface area contributed by atoms with Gasteiger partial charge in [-0.1, -0.05) is 12.7 Å². The van der Waals surface area contributed by atoms with Crippen LogP contribution in [-0.4, -0.2) is 78.2 Å². The number of aromatic nitrogens is 1. The third-order valence-corrected chi connectivity index (χ3v) is 11.1. The zero-order valence-corrected chi connectivity index (χ0v) is 32.0. The summed E-state index contributed by atoms with van der Waals surface area (Å²) in [5, 5.41) is 8.88. The number of amides is 4. The summed E-state index contributed by atoms with van der Waals surface area (Å²) in [5.74, 6) is -0.221. The van der Waals surface area contributed by atoms with E-state index in [9.17, 15) is 19.2 Å². The first-order valence-electron chi connectivity index (χ1n) is 18.9. The van der Waals surface area contributed by atoms with Gasteiger partial charge < -0.3 is 39.0 Å². The van der Waals surface area contributed by atoms with E-state index in [-0.39, 0.29) is 37.4 Å². The Bertz CT molecular complexity index is 2070. The van der Waals surface area contributed by atoms with Crippen molar-refractivity contribution in [1.82, 2.24) is 9.47 Å². The lowest BCUT2D eigenvalue weighted by Gasteiger charge is -2.42. The molecule has 7 rings (SSSR count). The van der Waals surface area contributed by atoms with Crippen molar-refractivity contribution in [2.75, 3.05) is 41.9 Å². The van der Waals surface area contributed by atoms with Gasteiger partial charge >= 0.3 is 6.09 Å². The van der Waals surface area contributed by atoms with Crippen LogP contribution >= 0.6 is 11.3 Å². The number of hydrogen-bond donors (Lipinski definition) is 2. The van der Waals surface area contributed by atoms with Crippen molar-refractivity contribution in [3.05, 3.63) is 83.5 Å². The van der Waals surface area contributed by atoms with Crippen molar-refractivity contribution in [1.29, 1.82) is 0 Å². The van der Waals surface area contributed by atoms with Gasteiger partial charge in [-0.15, -0.1) is 11.3 Å². The Morgan fingerprint density at radius 2 is 1.89 bits per heavy atom. The highest BCUT2D eigenvalue weighted by atomic mass is 32.1. The molecule has 0 saturated carbocycles. The van der Waals surface area contributed by atoms with Crippen LogP contribution in [0.25, 0.3) is 10.1 Å². The van der Waals surface area contributed by atoms with Gasteiger partial charge in [0.1, 0.15) is 18.1 Å². The second-order valence-corrected chi connectivity index (χ2v) is 15.1. The van der Waals surface area contributed by atoms with Crippen molar-refractivity contribution in [2.45, 2.75) is 76.9 Å². The van der Waals surface area contributed by atoms with Crippen LogP contribution < -0.4 is 20.3 Å². The Morgan fingerprint density at radius 1 is 1.04 bits per heavy atom. The average molecular weight is 770 g/mol. The Balaban J connectivity index is 1.02. The number of piperidine rings is 1. The maximum absolute atomic E-state index is 14.2. The van der Waals surface area contributed by atoms with Gasteiger partial charge in [0.25, 0.3) is 11.8 Å². The minimum atomic E-state index is -0.842. The van der Waals surface area contributed by atoms with E-state index in [1.165, 1.54) is 11.0 Å². The quantitative estimate of drug-likeness (QED) is 0.111. The van der Waals surface area contributed by atoms with Gasteiger partial charge in [0.15, 0.2) is 12.5 Å². The fourth-order valence-electron chi connectivity index (χ4n) is 7.44. The summed E-state index contributed by atoms with van der Waals surface area (Å²) in [6.45, 7) is 6.84. The molecule has 4 amide bonds. The Hall–Kier alpha value is -5.18. The molecule has 2 N–H and O–H groups in total. The first-order chi connectivity index (χ1) is 26.7. The van der Waals surface area contributed by atoms with Crippen LogP contribution in [0.2, 0.25) is 0 Å². The lowest BCUT2D eigenvalue weighted by Crippen LogP contribution is -2.57. The van der Waals surface area contributed by atoms with Crippen molar-refractivity contribution in [3.63, 3.8) is 0 Å². The Labute approximate surface area is 324 Å². The molecule has 3 atom stereocenters. The molecule has 55 heavy (non-hydrogen) atoms. The van der Waals surface area contributed by atoms with Crippen molar-refractivity contribution in [3.8, 4) is 5.75 Å². The van der Waals surface area contributed by atoms with Gasteiger partial charge in [0.2, 0.25) is 5.91 Å². The predicted molar refractivity (Wildman–Crippen MR) is 211 cm³/mol. The number of benzene rings is 2. The molecule has 0 bridgehead atoms. The molecule has 5 heterocycles. The van der Waals surface area contributed by atoms with Crippen LogP contribution in [0.3, 0.4) is 0 Å². The molecule has 14 heteroatoms. The number of thiophene rings is 1. The summed E-state index contributed by atoms with van der Waals surface area (Å²) < 4.78 is 27.1. The van der Waals surface area contributed by atoms with Crippen LogP contribution in [0, 0.1) is 6.92 Å². The number of aryl methyl sites for hydroxylation is 2. The van der Waals surface area contributed by atoms with Crippen LogP contribution in [0.15, 0.2) is 66.7 Å². The highest BCUT2D eigenvalue weighted by molar-refractivity contribution is 7.17. The predicted octanol–water partition coefficient (Wildman–Crippen LogP) is 7.60. The third-order valence-electron chi connectivity index (χ3n) is 10.2. The fraction of sp³-hybridized carbons (Fsp3) is 0.415. The Kier molecular flexibility index (Phi) is 11.8. The summed E-state index contributed by atoms with van der Waals surface area (Å²) in [6, 6.07) is 12.5. The van der Waals surface area contributed by atoms with Crippen molar-refractivity contribution < 1.29 is 38.1 Å². The number of fused-ring (bicyclic) bond motifs is 3. The first kappa shape index (κ1) is 38.1. The lowest BCUT2D eigenvalue weighted by molar-refractivity contribution is -0.198. The van der Waals surface area contributed by atoms with Gasteiger partial charge in [-0.2, -0.15) is 0 Å². The highest BCUT2D eigenvalue weighted by Gasteiger charge is 2.46. The molecule has 2 aromatic heterocycles. The van der Waals surface area contributed by atoms with Gasteiger partial charge in [0.05, 0.1) is 29.6 Å². The molecule has 0 aliphatic carbocycles. The standard InChI is InChI=1S/C41H47N5O8S/c1-4-17-53-41(50)46-32-24-34(26(2)21-30(32)39(49)45-16-7-5-10-31(45)40(46)54-37-12-6-8-18-52-37)51-19-9-11-36(47)42-29-23-33(44(3)25-29)38(48)43-28-13-14-35-27(22-28)15-20-55-35/h4,13-15,20-25,31,37,40H,1,5-12,16-19H2,2-3H3,(H,42,47)(H,43,48)/t31-,37?,40?/m0/s1. The Morgan fingerprint density at radius 3 is 2.71 bits per heavy atom. The molecule has 2 aromatic carbocycles. The van der Waals surface area contributed by atoms with Gasteiger partial charge in [0, 0.05) is 49.3 Å². The van der Waals surface area contributed by atoms with Gasteiger partial charge in [-0.05, 0) is 105 Å². The van der Waals surface area contributed by atoms with Gasteiger partial charge in [-0.25, -0.2) is 9.69 Å². The molecule has 2 unspecified atom stereocenters. The molecule has 4 aromatic rings. The lowest BCUT2D eigenvalue weighted by atomic mass is 10.00. The number of hydrogen-bond acceptors (Lipinski definition) is 9. The number of nitrogens with zero attached hydrogens (tertiary/aromatic N) is 3. The monoisotopic (exact) mass is 769 g/mol. The number of anilines is 3. The second-order valence-electron chi connectivity index (χ2n) is 14.1. The molecular weight excluding hydrogens is 723 g/mol. The summed E-state index contributed by atoms with van der Waals surface area (Å²) in [4.78, 5) is 57.3. The molecule has 2 saturated heterocycles. The fourth-order valence-corrected chi connectivity index (χ4v) is 8.21. The largest absolute Gasteiger partial charge is 0.493 e. The van der Waals surface area contributed by atoms with E-state index in [0.717, 1.165) is 35.8 Å². The summed E-state index contributed by atoms with van der Waals surface area (Å²) in [7, 11) is 1.75. The zero-order valence-electron chi connectivity index (χ0n) is 31.2.